The molecule has 2 aliphatic rings. The predicted molar refractivity (Wildman–Crippen MR) is 101 cm³/mol. The number of anilines is 1. The van der Waals surface area contributed by atoms with Crippen molar-refractivity contribution in [2.45, 2.75) is 19.8 Å². The topological polar surface area (TPSA) is 79.9 Å². The molecule has 7 nitrogen and oxygen atoms in total. The molecule has 8 heteroatoms. The van der Waals surface area contributed by atoms with Gasteiger partial charge in [0.2, 0.25) is 11.8 Å². The monoisotopic (exact) mass is 383 g/mol. The van der Waals surface area contributed by atoms with Crippen LogP contribution in [0.1, 0.15) is 19.8 Å². The van der Waals surface area contributed by atoms with E-state index >= 15 is 0 Å². The van der Waals surface area contributed by atoms with Crippen LogP contribution in [0.5, 0.6) is 11.5 Å². The highest BCUT2D eigenvalue weighted by molar-refractivity contribution is 6.09. The minimum atomic E-state index is -0.612. The average Bonchev–Trinajstić information content (AvgIpc) is 3.02. The van der Waals surface area contributed by atoms with Crippen LogP contribution in [0, 0.1) is 5.92 Å². The summed E-state index contributed by atoms with van der Waals surface area (Å²) in [7, 11) is 0. The molecule has 2 aliphatic heterocycles. The molecule has 0 bridgehead atoms. The van der Waals surface area contributed by atoms with Crippen molar-refractivity contribution in [2.75, 3.05) is 44.3 Å². The van der Waals surface area contributed by atoms with Gasteiger partial charge in [-0.2, -0.15) is 0 Å². The lowest BCUT2D eigenvalue weighted by Crippen LogP contribution is -2.39. The van der Waals surface area contributed by atoms with Crippen LogP contribution in [-0.2, 0) is 9.59 Å². The van der Waals surface area contributed by atoms with Crippen LogP contribution >= 0.6 is 12.4 Å². The minimum Gasteiger partial charge on any atom is -0.486 e. The SMILES string of the molecule is CCCNCCNC(=O)C1CCN(c2ccc3c(c2)OCCO3)C1=O.Cl. The molecule has 1 aromatic carbocycles. The van der Waals surface area contributed by atoms with Gasteiger partial charge in [0.05, 0.1) is 0 Å². The average molecular weight is 384 g/mol. The zero-order valence-corrected chi connectivity index (χ0v) is 15.8. The fourth-order valence-corrected chi connectivity index (χ4v) is 3.08. The molecular weight excluding hydrogens is 358 g/mol. The summed E-state index contributed by atoms with van der Waals surface area (Å²) in [5.74, 6) is 0.375. The Bertz CT molecular complexity index is 641. The molecule has 1 fully saturated rings. The number of hydrogen-bond donors (Lipinski definition) is 2. The second-order valence-electron chi connectivity index (χ2n) is 6.20. The van der Waals surface area contributed by atoms with E-state index < -0.39 is 5.92 Å². The number of fused-ring (bicyclic) bond motifs is 1. The van der Waals surface area contributed by atoms with Gasteiger partial charge in [-0.25, -0.2) is 0 Å². The van der Waals surface area contributed by atoms with Gasteiger partial charge < -0.3 is 25.0 Å². The van der Waals surface area contributed by atoms with Crippen molar-refractivity contribution in [2.24, 2.45) is 5.92 Å². The van der Waals surface area contributed by atoms with Crippen LogP contribution < -0.4 is 25.0 Å². The first-order valence-corrected chi connectivity index (χ1v) is 8.90. The summed E-state index contributed by atoms with van der Waals surface area (Å²) in [6.07, 6.45) is 1.58. The van der Waals surface area contributed by atoms with Gasteiger partial charge in [0.15, 0.2) is 11.5 Å². The third-order valence-corrected chi connectivity index (χ3v) is 4.39. The first kappa shape index (κ1) is 20.3. The molecule has 1 atom stereocenters. The highest BCUT2D eigenvalue weighted by Gasteiger charge is 2.37. The highest BCUT2D eigenvalue weighted by Crippen LogP contribution is 2.35. The summed E-state index contributed by atoms with van der Waals surface area (Å²) < 4.78 is 11.1. The summed E-state index contributed by atoms with van der Waals surface area (Å²) in [6, 6.07) is 5.45. The largest absolute Gasteiger partial charge is 0.486 e. The molecule has 1 saturated heterocycles. The van der Waals surface area contributed by atoms with Crippen molar-refractivity contribution < 1.29 is 19.1 Å². The number of carbonyl (C=O) groups is 2. The first-order valence-electron chi connectivity index (χ1n) is 8.90. The minimum absolute atomic E-state index is 0. The molecule has 2 amide bonds. The summed E-state index contributed by atoms with van der Waals surface area (Å²) in [5.41, 5.74) is 0.745. The lowest BCUT2D eigenvalue weighted by Gasteiger charge is -2.22. The number of benzene rings is 1. The molecular formula is C18H26ClN3O4. The van der Waals surface area contributed by atoms with Crippen LogP contribution in [0.2, 0.25) is 0 Å². The summed E-state index contributed by atoms with van der Waals surface area (Å²) in [4.78, 5) is 26.5. The Kier molecular flexibility index (Phi) is 7.53. The molecule has 0 radical (unpaired) electrons. The molecule has 2 heterocycles. The normalized spacial score (nSPS) is 18.4. The van der Waals surface area contributed by atoms with E-state index in [1.165, 1.54) is 0 Å². The number of halogens is 1. The van der Waals surface area contributed by atoms with Crippen molar-refractivity contribution in [3.63, 3.8) is 0 Å². The number of hydrogen-bond acceptors (Lipinski definition) is 5. The van der Waals surface area contributed by atoms with E-state index in [0.29, 0.717) is 50.8 Å². The molecule has 0 aliphatic carbocycles. The molecule has 0 spiro atoms. The molecule has 0 saturated carbocycles. The third-order valence-electron chi connectivity index (χ3n) is 4.39. The van der Waals surface area contributed by atoms with Gasteiger partial charge >= 0.3 is 0 Å². The zero-order valence-electron chi connectivity index (χ0n) is 15.0. The predicted octanol–water partition coefficient (Wildman–Crippen LogP) is 1.35. The molecule has 144 valence electrons. The lowest BCUT2D eigenvalue weighted by molar-refractivity contribution is -0.132. The van der Waals surface area contributed by atoms with Crippen molar-refractivity contribution in [3.8, 4) is 11.5 Å². The first-order chi connectivity index (χ1) is 12.2. The van der Waals surface area contributed by atoms with E-state index in [9.17, 15) is 9.59 Å². The number of nitrogens with zero attached hydrogens (tertiary/aromatic N) is 1. The summed E-state index contributed by atoms with van der Waals surface area (Å²) in [5, 5.41) is 6.06. The molecule has 2 N–H and O–H groups in total. The van der Waals surface area contributed by atoms with Crippen LogP contribution in [0.3, 0.4) is 0 Å². The molecule has 0 aromatic heterocycles. The fourth-order valence-electron chi connectivity index (χ4n) is 3.08. The van der Waals surface area contributed by atoms with Crippen LogP contribution in [0.15, 0.2) is 18.2 Å². The second-order valence-corrected chi connectivity index (χ2v) is 6.20. The van der Waals surface area contributed by atoms with Crippen molar-refractivity contribution in [3.05, 3.63) is 18.2 Å². The van der Waals surface area contributed by atoms with Gasteiger partial charge in [0, 0.05) is 31.4 Å². The number of rotatable bonds is 7. The molecule has 26 heavy (non-hydrogen) atoms. The number of amides is 2. The Balaban J connectivity index is 0.00000243. The Morgan fingerprint density at radius 2 is 1.96 bits per heavy atom. The zero-order chi connectivity index (χ0) is 17.6. The van der Waals surface area contributed by atoms with E-state index in [-0.39, 0.29) is 24.2 Å². The van der Waals surface area contributed by atoms with Gasteiger partial charge in [-0.1, -0.05) is 6.92 Å². The highest BCUT2D eigenvalue weighted by atomic mass is 35.5. The number of nitrogens with one attached hydrogen (secondary N) is 2. The fraction of sp³-hybridized carbons (Fsp3) is 0.556. The Hall–Kier alpha value is -1.99. The quantitative estimate of drug-likeness (QED) is 0.548. The summed E-state index contributed by atoms with van der Waals surface area (Å²) in [6.45, 7) is 5.83. The van der Waals surface area contributed by atoms with Crippen LogP contribution in [-0.4, -0.2) is 51.2 Å². The van der Waals surface area contributed by atoms with Gasteiger partial charge in [-0.3, -0.25) is 9.59 Å². The van der Waals surface area contributed by atoms with Gasteiger partial charge in [-0.15, -0.1) is 12.4 Å². The maximum Gasteiger partial charge on any atom is 0.239 e. The van der Waals surface area contributed by atoms with Gasteiger partial charge in [-0.05, 0) is 31.5 Å². The van der Waals surface area contributed by atoms with E-state index in [1.54, 1.807) is 11.0 Å². The Morgan fingerprint density at radius 1 is 1.19 bits per heavy atom. The van der Waals surface area contributed by atoms with E-state index in [4.69, 9.17) is 9.47 Å². The molecule has 1 unspecified atom stereocenters. The number of carbonyl (C=O) groups excluding carboxylic acids is 2. The standard InChI is InChI=1S/C18H25N3O4.ClH/c1-2-6-19-7-8-20-17(22)14-5-9-21(18(14)23)13-3-4-15-16(12-13)25-11-10-24-15;/h3-4,12,14,19H,2,5-11H2,1H3,(H,20,22);1H. The van der Waals surface area contributed by atoms with E-state index in [2.05, 4.69) is 17.6 Å². The maximum absolute atomic E-state index is 12.6. The van der Waals surface area contributed by atoms with E-state index in [0.717, 1.165) is 18.7 Å². The van der Waals surface area contributed by atoms with Crippen LogP contribution in [0.25, 0.3) is 0 Å². The van der Waals surface area contributed by atoms with Crippen molar-refractivity contribution in [1.29, 1.82) is 0 Å². The smallest absolute Gasteiger partial charge is 0.239 e. The third kappa shape index (κ3) is 4.59. The van der Waals surface area contributed by atoms with E-state index in [1.807, 2.05) is 12.1 Å². The Labute approximate surface area is 159 Å². The van der Waals surface area contributed by atoms with Crippen molar-refractivity contribution >= 4 is 29.9 Å². The molecule has 1 aromatic rings. The van der Waals surface area contributed by atoms with Crippen molar-refractivity contribution in [1.82, 2.24) is 10.6 Å². The second kappa shape index (κ2) is 9.64. The van der Waals surface area contributed by atoms with Crippen LogP contribution in [0.4, 0.5) is 5.69 Å². The number of ether oxygens (including phenoxy) is 2. The maximum atomic E-state index is 12.6. The van der Waals surface area contributed by atoms with Gasteiger partial charge in [0.25, 0.3) is 0 Å². The summed E-state index contributed by atoms with van der Waals surface area (Å²) >= 11 is 0. The molecule has 3 rings (SSSR count). The van der Waals surface area contributed by atoms with Gasteiger partial charge in [0.1, 0.15) is 19.1 Å². The lowest BCUT2D eigenvalue weighted by atomic mass is 10.1. The Morgan fingerprint density at radius 3 is 2.73 bits per heavy atom.